The van der Waals surface area contributed by atoms with Gasteiger partial charge in [-0.05, 0) is 31.9 Å². The van der Waals surface area contributed by atoms with Crippen LogP contribution in [0, 0.1) is 13.8 Å². The minimum absolute atomic E-state index is 0.243. The number of rotatable bonds is 6. The Morgan fingerprint density at radius 3 is 2.57 bits per heavy atom. The first-order chi connectivity index (χ1) is 10.1. The molecule has 0 amide bonds. The first kappa shape index (κ1) is 15.0. The molecule has 2 rings (SSSR count). The van der Waals surface area contributed by atoms with Crippen molar-refractivity contribution >= 4 is 17.6 Å². The van der Waals surface area contributed by atoms with Crippen molar-refractivity contribution in [2.24, 2.45) is 5.84 Å². The van der Waals surface area contributed by atoms with Crippen LogP contribution in [-0.4, -0.2) is 21.6 Å². The fourth-order valence-electron chi connectivity index (χ4n) is 1.81. The molecule has 7 nitrogen and oxygen atoms in total. The van der Waals surface area contributed by atoms with Crippen molar-refractivity contribution in [1.82, 2.24) is 15.0 Å². The van der Waals surface area contributed by atoms with Crippen LogP contribution in [0.15, 0.2) is 18.2 Å². The average molecular weight is 288 g/mol. The summed E-state index contributed by atoms with van der Waals surface area (Å²) in [7, 11) is 0. The van der Waals surface area contributed by atoms with Crippen molar-refractivity contribution in [3.63, 3.8) is 0 Å². The summed E-state index contributed by atoms with van der Waals surface area (Å²) in [5, 5.41) is 3.15. The van der Waals surface area contributed by atoms with Crippen molar-refractivity contribution < 1.29 is 4.74 Å². The van der Waals surface area contributed by atoms with Crippen LogP contribution in [0.1, 0.15) is 24.5 Å². The standard InChI is InChI=1S/C14H20N6O/c1-4-7-21-14-18-12(17-13(19-14)20-15)16-11-6-5-9(2)8-10(11)3/h5-6,8H,4,7,15H2,1-3H3,(H2,16,17,18,19,20). The fraction of sp³-hybridized carbons (Fsp3) is 0.357. The van der Waals surface area contributed by atoms with Gasteiger partial charge >= 0.3 is 6.01 Å². The predicted octanol–water partition coefficient (Wildman–Crippen LogP) is 2.31. The number of benzene rings is 1. The zero-order valence-corrected chi connectivity index (χ0v) is 12.5. The van der Waals surface area contributed by atoms with Gasteiger partial charge in [0, 0.05) is 5.69 Å². The first-order valence-electron chi connectivity index (χ1n) is 6.82. The molecule has 112 valence electrons. The topological polar surface area (TPSA) is 98.0 Å². The molecule has 1 heterocycles. The van der Waals surface area contributed by atoms with Gasteiger partial charge in [-0.15, -0.1) is 0 Å². The van der Waals surface area contributed by atoms with Gasteiger partial charge in [0.2, 0.25) is 11.9 Å². The molecule has 0 aliphatic carbocycles. The van der Waals surface area contributed by atoms with Gasteiger partial charge in [0.15, 0.2) is 0 Å². The second-order valence-electron chi connectivity index (χ2n) is 4.70. The predicted molar refractivity (Wildman–Crippen MR) is 82.6 cm³/mol. The summed E-state index contributed by atoms with van der Waals surface area (Å²) in [4.78, 5) is 12.4. The summed E-state index contributed by atoms with van der Waals surface area (Å²) in [5.41, 5.74) is 5.64. The number of aromatic nitrogens is 3. The lowest BCUT2D eigenvalue weighted by atomic mass is 10.1. The molecular weight excluding hydrogens is 268 g/mol. The van der Waals surface area contributed by atoms with Gasteiger partial charge in [-0.3, -0.25) is 5.43 Å². The van der Waals surface area contributed by atoms with Crippen LogP contribution in [0.3, 0.4) is 0 Å². The Labute approximate surface area is 123 Å². The molecule has 0 radical (unpaired) electrons. The lowest BCUT2D eigenvalue weighted by Crippen LogP contribution is -2.14. The van der Waals surface area contributed by atoms with Crippen LogP contribution in [0.5, 0.6) is 6.01 Å². The summed E-state index contributed by atoms with van der Waals surface area (Å²) < 4.78 is 5.43. The van der Waals surface area contributed by atoms with Gasteiger partial charge in [0.25, 0.3) is 0 Å². The maximum atomic E-state index is 5.43. The lowest BCUT2D eigenvalue weighted by molar-refractivity contribution is 0.292. The van der Waals surface area contributed by atoms with Crippen molar-refractivity contribution in [2.45, 2.75) is 27.2 Å². The minimum Gasteiger partial charge on any atom is -0.463 e. The van der Waals surface area contributed by atoms with Gasteiger partial charge in [0.1, 0.15) is 0 Å². The molecule has 0 fully saturated rings. The molecule has 7 heteroatoms. The van der Waals surface area contributed by atoms with Crippen LogP contribution in [0.2, 0.25) is 0 Å². The van der Waals surface area contributed by atoms with Crippen LogP contribution in [-0.2, 0) is 0 Å². The van der Waals surface area contributed by atoms with Gasteiger partial charge in [-0.1, -0.05) is 24.6 Å². The molecule has 0 spiro atoms. The van der Waals surface area contributed by atoms with Crippen LogP contribution < -0.4 is 21.3 Å². The molecule has 0 aliphatic heterocycles. The van der Waals surface area contributed by atoms with E-state index in [4.69, 9.17) is 10.6 Å². The number of hydrazine groups is 1. The Morgan fingerprint density at radius 1 is 1.14 bits per heavy atom. The monoisotopic (exact) mass is 288 g/mol. The SMILES string of the molecule is CCCOc1nc(NN)nc(Nc2ccc(C)cc2C)n1. The summed E-state index contributed by atoms with van der Waals surface area (Å²) in [5.74, 6) is 6.01. The van der Waals surface area contributed by atoms with E-state index in [2.05, 4.69) is 31.8 Å². The number of hydrogen-bond acceptors (Lipinski definition) is 7. The number of hydrogen-bond donors (Lipinski definition) is 3. The van der Waals surface area contributed by atoms with Gasteiger partial charge < -0.3 is 10.1 Å². The minimum atomic E-state index is 0.243. The summed E-state index contributed by atoms with van der Waals surface area (Å²) in [6.45, 7) is 6.62. The summed E-state index contributed by atoms with van der Waals surface area (Å²) in [6, 6.07) is 6.33. The van der Waals surface area contributed by atoms with Crippen molar-refractivity contribution in [3.05, 3.63) is 29.3 Å². The quantitative estimate of drug-likeness (QED) is 0.554. The van der Waals surface area contributed by atoms with Gasteiger partial charge in [0.05, 0.1) is 6.61 Å². The maximum Gasteiger partial charge on any atom is 0.323 e. The third-order valence-electron chi connectivity index (χ3n) is 2.81. The Kier molecular flexibility index (Phi) is 4.89. The Bertz CT molecular complexity index is 616. The zero-order chi connectivity index (χ0) is 15.2. The number of nitrogens with one attached hydrogen (secondary N) is 2. The molecule has 0 atom stereocenters. The number of ether oxygens (including phenoxy) is 1. The van der Waals surface area contributed by atoms with Crippen LogP contribution >= 0.6 is 0 Å². The van der Waals surface area contributed by atoms with E-state index in [1.165, 1.54) is 5.56 Å². The van der Waals surface area contributed by atoms with Gasteiger partial charge in [-0.2, -0.15) is 15.0 Å². The molecule has 1 aromatic carbocycles. The van der Waals surface area contributed by atoms with E-state index in [-0.39, 0.29) is 12.0 Å². The second-order valence-corrected chi connectivity index (χ2v) is 4.70. The Morgan fingerprint density at radius 2 is 1.90 bits per heavy atom. The number of nitrogen functional groups attached to an aromatic ring is 1. The van der Waals surface area contributed by atoms with E-state index < -0.39 is 0 Å². The van der Waals surface area contributed by atoms with E-state index in [9.17, 15) is 0 Å². The number of anilines is 3. The van der Waals surface area contributed by atoms with Crippen LogP contribution in [0.4, 0.5) is 17.6 Å². The van der Waals surface area contributed by atoms with E-state index in [0.717, 1.165) is 17.7 Å². The normalized spacial score (nSPS) is 10.3. The number of nitrogens with zero attached hydrogens (tertiary/aromatic N) is 3. The molecular formula is C14H20N6O. The van der Waals surface area contributed by atoms with E-state index >= 15 is 0 Å². The lowest BCUT2D eigenvalue weighted by Gasteiger charge is -2.11. The van der Waals surface area contributed by atoms with Crippen molar-refractivity contribution in [2.75, 3.05) is 17.3 Å². The largest absolute Gasteiger partial charge is 0.463 e. The highest BCUT2D eigenvalue weighted by atomic mass is 16.5. The van der Waals surface area contributed by atoms with Crippen molar-refractivity contribution in [1.29, 1.82) is 0 Å². The molecule has 1 aromatic heterocycles. The van der Waals surface area contributed by atoms with E-state index in [1.807, 2.05) is 32.9 Å². The molecule has 0 saturated carbocycles. The smallest absolute Gasteiger partial charge is 0.323 e. The highest BCUT2D eigenvalue weighted by Gasteiger charge is 2.08. The second kappa shape index (κ2) is 6.85. The Balaban J connectivity index is 2.25. The molecule has 0 bridgehead atoms. The molecule has 2 aromatic rings. The first-order valence-corrected chi connectivity index (χ1v) is 6.82. The number of nitrogens with two attached hydrogens (primary N) is 1. The van der Waals surface area contributed by atoms with E-state index in [1.54, 1.807) is 0 Å². The molecule has 0 unspecified atom stereocenters. The molecule has 21 heavy (non-hydrogen) atoms. The molecule has 0 aliphatic rings. The maximum absolute atomic E-state index is 5.43. The van der Waals surface area contributed by atoms with Crippen LogP contribution in [0.25, 0.3) is 0 Å². The summed E-state index contributed by atoms with van der Waals surface area (Å²) >= 11 is 0. The zero-order valence-electron chi connectivity index (χ0n) is 12.5. The molecule has 4 N–H and O–H groups in total. The Hall–Kier alpha value is -2.41. The third-order valence-corrected chi connectivity index (χ3v) is 2.81. The fourth-order valence-corrected chi connectivity index (χ4v) is 1.81. The van der Waals surface area contributed by atoms with Crippen molar-refractivity contribution in [3.8, 4) is 6.01 Å². The molecule has 0 saturated heterocycles. The third kappa shape index (κ3) is 4.03. The average Bonchev–Trinajstić information content (AvgIpc) is 2.48. The van der Waals surface area contributed by atoms with E-state index in [0.29, 0.717) is 12.6 Å². The highest BCUT2D eigenvalue weighted by molar-refractivity contribution is 5.59. The number of aryl methyl sites for hydroxylation is 2. The highest BCUT2D eigenvalue weighted by Crippen LogP contribution is 2.21. The van der Waals surface area contributed by atoms with Gasteiger partial charge in [-0.25, -0.2) is 5.84 Å². The summed E-state index contributed by atoms with van der Waals surface area (Å²) in [6.07, 6.45) is 0.872.